The first-order valence-electron chi connectivity index (χ1n) is 17.9. The maximum Gasteiger partial charge on any atom is 0.244 e. The maximum absolute atomic E-state index is 13.6. The highest BCUT2D eigenvalue weighted by molar-refractivity contribution is 9.10. The van der Waals surface area contributed by atoms with Crippen molar-refractivity contribution in [1.29, 1.82) is 0 Å². The third-order valence-corrected chi connectivity index (χ3v) is 9.80. The van der Waals surface area contributed by atoms with Crippen molar-refractivity contribution in [3.8, 4) is 5.75 Å². The molecule has 0 aliphatic heterocycles. The third kappa shape index (κ3) is 12.5. The minimum absolute atomic E-state index is 0.0736. The molecule has 0 saturated heterocycles. The number of hydrogen-bond donors (Lipinski definition) is 6. The summed E-state index contributed by atoms with van der Waals surface area (Å²) < 4.78 is 0.931. The Balaban J connectivity index is 1.24. The van der Waals surface area contributed by atoms with Gasteiger partial charge in [-0.15, -0.1) is 0 Å². The van der Waals surface area contributed by atoms with Gasteiger partial charge in [0.05, 0.1) is 18.7 Å². The molecule has 0 bridgehead atoms. The van der Waals surface area contributed by atoms with Crippen LogP contribution < -0.4 is 21.7 Å². The molecule has 0 saturated carbocycles. The van der Waals surface area contributed by atoms with Crippen molar-refractivity contribution in [2.45, 2.75) is 69.1 Å². The average molecular weight is 803 g/mol. The van der Waals surface area contributed by atoms with E-state index in [0.29, 0.717) is 25.5 Å². The van der Waals surface area contributed by atoms with Gasteiger partial charge in [-0.05, 0) is 83.8 Å². The van der Waals surface area contributed by atoms with Gasteiger partial charge in [0, 0.05) is 30.9 Å². The number of phenols is 1. The molecule has 0 radical (unpaired) electrons. The molecule has 4 aromatic rings. The Labute approximate surface area is 323 Å². The van der Waals surface area contributed by atoms with Crippen LogP contribution in [-0.2, 0) is 43.2 Å². The summed E-state index contributed by atoms with van der Waals surface area (Å²) in [5.74, 6) is -1.80. The molecule has 13 heteroatoms. The fourth-order valence-electron chi connectivity index (χ4n) is 6.06. The first kappa shape index (κ1) is 41.6. The van der Waals surface area contributed by atoms with Crippen molar-refractivity contribution in [3.63, 3.8) is 0 Å². The number of benzene rings is 4. The Morgan fingerprint density at radius 2 is 1.52 bits per heavy atom. The van der Waals surface area contributed by atoms with Crippen LogP contribution in [0.1, 0.15) is 42.4 Å². The zero-order valence-electron chi connectivity index (χ0n) is 30.2. The average Bonchev–Trinajstić information content (AvgIpc) is 3.18. The number of unbranched alkanes of at least 4 members (excludes halogenated alkanes) is 1. The lowest BCUT2D eigenvalue weighted by Gasteiger charge is -2.29. The molecule has 0 aromatic heterocycles. The van der Waals surface area contributed by atoms with Gasteiger partial charge >= 0.3 is 0 Å². The lowest BCUT2D eigenvalue weighted by Crippen LogP contribution is -2.53. The number of amides is 4. The number of phenolic OH excluding ortho intramolecular Hbond substituents is 1. The second-order valence-electron chi connectivity index (χ2n) is 13.2. The van der Waals surface area contributed by atoms with Crippen LogP contribution in [0.15, 0.2) is 95.5 Å². The van der Waals surface area contributed by atoms with Crippen LogP contribution >= 0.6 is 15.9 Å². The molecule has 12 nitrogen and oxygen atoms in total. The molecule has 0 unspecified atom stereocenters. The standard InChI is InChI=1S/C41H48BrN5O7/c1-47(38(51)21-16-27-12-17-31(42)18-13-27)37(23-28-14-19-33(50)20-15-28)41(54)45-32(25-48)10-4-5-22-44-40(53)36(26-49)46-39(52)35(43)24-30-9-6-8-29-7-2-3-11-34(29)30/h2-3,6-9,11-15,17-20,25,32,35-37,49-50H,4-5,10,16,21-24,26,43H2,1H3,(H,44,53)(H,45,54)(H,46,52)/t32-,35+,36+,37+/m1/s1. The summed E-state index contributed by atoms with van der Waals surface area (Å²) in [6.45, 7) is -0.420. The van der Waals surface area contributed by atoms with Crippen molar-refractivity contribution in [3.05, 3.63) is 112 Å². The van der Waals surface area contributed by atoms with E-state index in [1.54, 1.807) is 19.2 Å². The van der Waals surface area contributed by atoms with E-state index in [0.717, 1.165) is 31.9 Å². The van der Waals surface area contributed by atoms with Gasteiger partial charge in [-0.3, -0.25) is 19.2 Å². The molecule has 4 aromatic carbocycles. The van der Waals surface area contributed by atoms with Gasteiger partial charge in [0.1, 0.15) is 24.1 Å². The summed E-state index contributed by atoms with van der Waals surface area (Å²) >= 11 is 3.40. The van der Waals surface area contributed by atoms with Crippen LogP contribution in [0.3, 0.4) is 0 Å². The van der Waals surface area contributed by atoms with Crippen molar-refractivity contribution >= 4 is 56.6 Å². The Kier molecular flexibility index (Phi) is 16.2. The first-order chi connectivity index (χ1) is 26.0. The molecule has 0 spiro atoms. The number of aryl methyl sites for hydroxylation is 1. The van der Waals surface area contributed by atoms with E-state index >= 15 is 0 Å². The molecular weight excluding hydrogens is 754 g/mol. The number of carbonyl (C=O) groups excluding carboxylic acids is 5. The van der Waals surface area contributed by atoms with Gasteiger partial charge in [0.15, 0.2) is 0 Å². The number of nitrogens with zero attached hydrogens (tertiary/aromatic N) is 1. The zero-order chi connectivity index (χ0) is 39.0. The van der Waals surface area contributed by atoms with Crippen LogP contribution in [0.25, 0.3) is 10.8 Å². The Morgan fingerprint density at radius 1 is 0.833 bits per heavy atom. The Morgan fingerprint density at radius 3 is 2.22 bits per heavy atom. The van der Waals surface area contributed by atoms with Crippen LogP contribution in [-0.4, -0.2) is 89.4 Å². The van der Waals surface area contributed by atoms with Gasteiger partial charge in [-0.2, -0.15) is 0 Å². The van der Waals surface area contributed by atoms with Gasteiger partial charge in [0.2, 0.25) is 23.6 Å². The number of aliphatic hydroxyl groups excluding tert-OH is 1. The van der Waals surface area contributed by atoms with E-state index in [1.165, 1.54) is 17.0 Å². The van der Waals surface area contributed by atoms with E-state index < -0.39 is 48.5 Å². The second kappa shape index (κ2) is 21.0. The smallest absolute Gasteiger partial charge is 0.244 e. The largest absolute Gasteiger partial charge is 0.508 e. The van der Waals surface area contributed by atoms with Crippen LogP contribution in [0, 0.1) is 0 Å². The summed E-state index contributed by atoms with van der Waals surface area (Å²) in [6, 6.07) is 23.6. The summed E-state index contributed by atoms with van der Waals surface area (Å²) in [5.41, 5.74) is 8.78. The number of nitrogens with one attached hydrogen (secondary N) is 3. The van der Waals surface area contributed by atoms with Crippen LogP contribution in [0.5, 0.6) is 5.75 Å². The number of rotatable bonds is 20. The number of aliphatic hydroxyl groups is 1. The molecule has 4 rings (SSSR count). The predicted molar refractivity (Wildman–Crippen MR) is 210 cm³/mol. The molecule has 4 atom stereocenters. The predicted octanol–water partition coefficient (Wildman–Crippen LogP) is 3.33. The van der Waals surface area contributed by atoms with Crippen LogP contribution in [0.2, 0.25) is 0 Å². The van der Waals surface area contributed by atoms with E-state index in [1.807, 2.05) is 66.7 Å². The fraction of sp³-hybridized carbons (Fsp3) is 0.341. The van der Waals surface area contributed by atoms with Crippen LogP contribution in [0.4, 0.5) is 0 Å². The van der Waals surface area contributed by atoms with Crippen molar-refractivity contribution < 1.29 is 34.2 Å². The number of halogens is 1. The van der Waals surface area contributed by atoms with Crippen molar-refractivity contribution in [2.24, 2.45) is 5.73 Å². The normalized spacial score (nSPS) is 13.3. The topological polar surface area (TPSA) is 191 Å². The molecule has 286 valence electrons. The van der Waals surface area contributed by atoms with Gasteiger partial charge in [-0.1, -0.05) is 82.7 Å². The number of likely N-dealkylation sites (N-methyl/N-ethyl adjacent to an activating group) is 1. The van der Waals surface area contributed by atoms with Gasteiger partial charge < -0.3 is 41.6 Å². The SMILES string of the molecule is CN(C(=O)CCc1ccc(Br)cc1)[C@@H](Cc1ccc(O)cc1)C(=O)N[C@@H](C=O)CCCCNC(=O)[C@H](CO)NC(=O)[C@@H](N)Cc1cccc2ccccc12. The summed E-state index contributed by atoms with van der Waals surface area (Å²) in [7, 11) is 1.56. The highest BCUT2D eigenvalue weighted by Gasteiger charge is 2.29. The first-order valence-corrected chi connectivity index (χ1v) is 18.7. The molecule has 7 N–H and O–H groups in total. The third-order valence-electron chi connectivity index (χ3n) is 9.27. The number of aldehydes is 1. The number of aromatic hydroxyl groups is 1. The minimum atomic E-state index is -1.20. The van der Waals surface area contributed by atoms with E-state index in [4.69, 9.17) is 5.73 Å². The molecule has 0 aliphatic carbocycles. The maximum atomic E-state index is 13.6. The molecule has 4 amide bonds. The molecule has 0 fully saturated rings. The van der Waals surface area contributed by atoms with E-state index in [9.17, 15) is 34.2 Å². The number of hydrogen-bond acceptors (Lipinski definition) is 8. The summed E-state index contributed by atoms with van der Waals surface area (Å²) in [5, 5.41) is 29.5. The summed E-state index contributed by atoms with van der Waals surface area (Å²) in [6.07, 6.45) is 2.91. The number of fused-ring (bicyclic) bond motifs is 1. The second-order valence-corrected chi connectivity index (χ2v) is 14.2. The summed E-state index contributed by atoms with van der Waals surface area (Å²) in [4.78, 5) is 65.9. The number of nitrogens with two attached hydrogens (primary N) is 1. The zero-order valence-corrected chi connectivity index (χ0v) is 31.8. The molecule has 0 heterocycles. The lowest BCUT2D eigenvalue weighted by atomic mass is 9.98. The Hall–Kier alpha value is -5.11. The minimum Gasteiger partial charge on any atom is -0.508 e. The van der Waals surface area contributed by atoms with Gasteiger partial charge in [0.25, 0.3) is 0 Å². The quantitative estimate of drug-likeness (QED) is 0.0580. The van der Waals surface area contributed by atoms with Crippen molar-refractivity contribution in [1.82, 2.24) is 20.9 Å². The van der Waals surface area contributed by atoms with E-state index in [-0.39, 0.29) is 43.9 Å². The number of carbonyl (C=O) groups is 5. The lowest BCUT2D eigenvalue weighted by molar-refractivity contribution is -0.139. The van der Waals surface area contributed by atoms with E-state index in [2.05, 4.69) is 31.9 Å². The monoisotopic (exact) mass is 801 g/mol. The van der Waals surface area contributed by atoms with Gasteiger partial charge in [-0.25, -0.2) is 0 Å². The molecule has 0 aliphatic rings. The highest BCUT2D eigenvalue weighted by Crippen LogP contribution is 2.20. The molecular formula is C41H48BrN5O7. The molecule has 54 heavy (non-hydrogen) atoms. The van der Waals surface area contributed by atoms with Crippen molar-refractivity contribution in [2.75, 3.05) is 20.2 Å². The highest BCUT2D eigenvalue weighted by atomic mass is 79.9. The Bertz CT molecular complexity index is 1870. The fourth-order valence-corrected chi connectivity index (χ4v) is 6.33.